The van der Waals surface area contributed by atoms with Crippen LogP contribution in [0, 0.1) is 0 Å². The van der Waals surface area contributed by atoms with Crippen LogP contribution in [0.4, 0.5) is 0 Å². The van der Waals surface area contributed by atoms with E-state index in [1.807, 2.05) is 24.4 Å². The molecule has 6 nitrogen and oxygen atoms in total. The van der Waals surface area contributed by atoms with Gasteiger partial charge >= 0.3 is 0 Å². The minimum atomic E-state index is -3.57. The standard InChI is InChI=1S/C18H24N2O4S2/c1-14(17-6-5-13-25-17)19-18(21)7-4-12-20(2)26(22,23)16-10-8-15(24-3)9-11-16/h5-6,8-11,13-14H,4,7,12H2,1-3H3,(H,19,21). The molecule has 0 spiro atoms. The number of nitrogens with one attached hydrogen (secondary N) is 1. The third-order valence-corrected chi connectivity index (χ3v) is 6.92. The monoisotopic (exact) mass is 396 g/mol. The Morgan fingerprint density at radius 1 is 1.27 bits per heavy atom. The number of amides is 1. The molecule has 0 radical (unpaired) electrons. The first kappa shape index (κ1) is 20.4. The van der Waals surface area contributed by atoms with Crippen LogP contribution in [0.5, 0.6) is 5.75 Å². The molecule has 2 rings (SSSR count). The largest absolute Gasteiger partial charge is 0.497 e. The van der Waals surface area contributed by atoms with Gasteiger partial charge in [-0.15, -0.1) is 11.3 Å². The second-order valence-corrected chi connectivity index (χ2v) is 8.93. The zero-order valence-corrected chi connectivity index (χ0v) is 16.8. The average molecular weight is 397 g/mol. The summed E-state index contributed by atoms with van der Waals surface area (Å²) in [5.74, 6) is 0.518. The molecule has 0 bridgehead atoms. The smallest absolute Gasteiger partial charge is 0.242 e. The van der Waals surface area contributed by atoms with Gasteiger partial charge in [0.15, 0.2) is 0 Å². The van der Waals surface area contributed by atoms with Crippen molar-refractivity contribution in [2.24, 2.45) is 0 Å². The summed E-state index contributed by atoms with van der Waals surface area (Å²) in [7, 11) is -0.525. The zero-order chi connectivity index (χ0) is 19.2. The van der Waals surface area contributed by atoms with Crippen LogP contribution >= 0.6 is 11.3 Å². The van der Waals surface area contributed by atoms with Crippen molar-refractivity contribution in [3.8, 4) is 5.75 Å². The van der Waals surface area contributed by atoms with Gasteiger partial charge in [-0.1, -0.05) is 6.07 Å². The third-order valence-electron chi connectivity index (χ3n) is 3.99. The van der Waals surface area contributed by atoms with Gasteiger partial charge in [-0.3, -0.25) is 4.79 Å². The first-order chi connectivity index (χ1) is 12.3. The number of rotatable bonds is 9. The molecule has 0 aliphatic carbocycles. The van der Waals surface area contributed by atoms with E-state index in [0.29, 0.717) is 12.2 Å². The SMILES string of the molecule is COc1ccc(S(=O)(=O)N(C)CCCC(=O)NC(C)c2cccs2)cc1. The summed E-state index contributed by atoms with van der Waals surface area (Å²) in [6.45, 7) is 2.21. The van der Waals surface area contributed by atoms with Gasteiger partial charge < -0.3 is 10.1 Å². The predicted octanol–water partition coefficient (Wildman–Crippen LogP) is 3.03. The summed E-state index contributed by atoms with van der Waals surface area (Å²) in [4.78, 5) is 13.3. The fourth-order valence-corrected chi connectivity index (χ4v) is 4.38. The number of sulfonamides is 1. The maximum Gasteiger partial charge on any atom is 0.242 e. The van der Waals surface area contributed by atoms with Crippen LogP contribution in [0.15, 0.2) is 46.7 Å². The van der Waals surface area contributed by atoms with Crippen molar-refractivity contribution < 1.29 is 17.9 Å². The van der Waals surface area contributed by atoms with Crippen molar-refractivity contribution in [2.75, 3.05) is 20.7 Å². The average Bonchev–Trinajstić information content (AvgIpc) is 3.16. The summed E-state index contributed by atoms with van der Waals surface area (Å²) in [6, 6.07) is 10.1. The maximum atomic E-state index is 12.5. The van der Waals surface area contributed by atoms with E-state index in [1.165, 1.54) is 30.6 Å². The van der Waals surface area contributed by atoms with Crippen molar-refractivity contribution >= 4 is 27.3 Å². The Balaban J connectivity index is 1.83. The third kappa shape index (κ3) is 5.30. The number of methoxy groups -OCH3 is 1. The van der Waals surface area contributed by atoms with Gasteiger partial charge in [-0.25, -0.2) is 12.7 Å². The topological polar surface area (TPSA) is 75.7 Å². The number of thiophene rings is 1. The lowest BCUT2D eigenvalue weighted by Gasteiger charge is -2.18. The van der Waals surface area contributed by atoms with Crippen LogP contribution in [-0.4, -0.2) is 39.3 Å². The summed E-state index contributed by atoms with van der Waals surface area (Å²) in [5, 5.41) is 4.90. The predicted molar refractivity (Wildman–Crippen MR) is 103 cm³/mol. The number of hydrogen-bond donors (Lipinski definition) is 1. The highest BCUT2D eigenvalue weighted by atomic mass is 32.2. The minimum Gasteiger partial charge on any atom is -0.497 e. The van der Waals surface area contributed by atoms with E-state index in [4.69, 9.17) is 4.74 Å². The molecule has 0 fully saturated rings. The van der Waals surface area contributed by atoms with Crippen molar-refractivity contribution in [2.45, 2.75) is 30.7 Å². The van der Waals surface area contributed by atoms with E-state index >= 15 is 0 Å². The van der Waals surface area contributed by atoms with E-state index in [9.17, 15) is 13.2 Å². The van der Waals surface area contributed by atoms with Gasteiger partial charge in [-0.2, -0.15) is 0 Å². The molecule has 26 heavy (non-hydrogen) atoms. The Hall–Kier alpha value is -1.90. The summed E-state index contributed by atoms with van der Waals surface area (Å²) in [5.41, 5.74) is 0. The van der Waals surface area contributed by atoms with Crippen molar-refractivity contribution in [1.29, 1.82) is 0 Å². The fraction of sp³-hybridized carbons (Fsp3) is 0.389. The fourth-order valence-electron chi connectivity index (χ4n) is 2.43. The molecule has 0 aliphatic heterocycles. The van der Waals surface area contributed by atoms with Crippen LogP contribution in [0.1, 0.15) is 30.7 Å². The van der Waals surface area contributed by atoms with Gasteiger partial charge in [0.05, 0.1) is 18.0 Å². The van der Waals surface area contributed by atoms with Gasteiger partial charge in [0, 0.05) is 24.9 Å². The number of ether oxygens (including phenoxy) is 1. The van der Waals surface area contributed by atoms with Gasteiger partial charge in [0.2, 0.25) is 15.9 Å². The normalized spacial score (nSPS) is 12.8. The van der Waals surface area contributed by atoms with E-state index in [0.717, 1.165) is 4.88 Å². The number of hydrogen-bond acceptors (Lipinski definition) is 5. The van der Waals surface area contributed by atoms with Crippen LogP contribution in [0.2, 0.25) is 0 Å². The molecular weight excluding hydrogens is 372 g/mol. The minimum absolute atomic E-state index is 0.0386. The first-order valence-electron chi connectivity index (χ1n) is 8.27. The molecule has 0 aliphatic rings. The van der Waals surface area contributed by atoms with E-state index in [2.05, 4.69) is 5.32 Å². The van der Waals surface area contributed by atoms with E-state index in [1.54, 1.807) is 23.5 Å². The number of carbonyl (C=O) groups excluding carboxylic acids is 1. The van der Waals surface area contributed by atoms with Gasteiger partial charge in [0.25, 0.3) is 0 Å². The highest BCUT2D eigenvalue weighted by Gasteiger charge is 2.20. The highest BCUT2D eigenvalue weighted by Crippen LogP contribution is 2.20. The molecule has 1 heterocycles. The molecule has 0 saturated heterocycles. The lowest BCUT2D eigenvalue weighted by atomic mass is 10.2. The molecule has 1 aromatic carbocycles. The number of carbonyl (C=O) groups is 1. The Morgan fingerprint density at radius 3 is 2.54 bits per heavy atom. The molecular formula is C18H24N2O4S2. The molecule has 0 saturated carbocycles. The molecule has 1 aromatic heterocycles. The van der Waals surface area contributed by atoms with Gasteiger partial charge in [0.1, 0.15) is 5.75 Å². The summed E-state index contributed by atoms with van der Waals surface area (Å²) < 4.78 is 31.4. The summed E-state index contributed by atoms with van der Waals surface area (Å²) in [6.07, 6.45) is 0.729. The Kier molecular flexibility index (Phi) is 7.19. The van der Waals surface area contributed by atoms with Gasteiger partial charge in [-0.05, 0) is 49.1 Å². The van der Waals surface area contributed by atoms with Crippen LogP contribution < -0.4 is 10.1 Å². The molecule has 142 valence electrons. The zero-order valence-electron chi connectivity index (χ0n) is 15.1. The van der Waals surface area contributed by atoms with Crippen LogP contribution in [-0.2, 0) is 14.8 Å². The lowest BCUT2D eigenvalue weighted by molar-refractivity contribution is -0.121. The molecule has 1 N–H and O–H groups in total. The lowest BCUT2D eigenvalue weighted by Crippen LogP contribution is -2.30. The summed E-state index contributed by atoms with van der Waals surface area (Å²) >= 11 is 1.59. The molecule has 2 aromatic rings. The first-order valence-corrected chi connectivity index (χ1v) is 10.6. The maximum absolute atomic E-state index is 12.5. The Labute approximate surface area is 158 Å². The number of nitrogens with zero attached hydrogens (tertiary/aromatic N) is 1. The molecule has 1 amide bonds. The second kappa shape index (κ2) is 9.16. The quantitative estimate of drug-likeness (QED) is 0.707. The van der Waals surface area contributed by atoms with E-state index in [-0.39, 0.29) is 29.8 Å². The molecule has 1 atom stereocenters. The van der Waals surface area contributed by atoms with Crippen molar-refractivity contribution in [1.82, 2.24) is 9.62 Å². The van der Waals surface area contributed by atoms with Crippen molar-refractivity contribution in [3.63, 3.8) is 0 Å². The molecule has 1 unspecified atom stereocenters. The molecule has 8 heteroatoms. The van der Waals surface area contributed by atoms with Crippen LogP contribution in [0.25, 0.3) is 0 Å². The Morgan fingerprint density at radius 2 is 1.96 bits per heavy atom. The number of benzene rings is 1. The highest BCUT2D eigenvalue weighted by molar-refractivity contribution is 7.89. The van der Waals surface area contributed by atoms with E-state index < -0.39 is 10.0 Å². The van der Waals surface area contributed by atoms with Crippen molar-refractivity contribution in [3.05, 3.63) is 46.7 Å². The Bertz CT molecular complexity index is 802. The second-order valence-electron chi connectivity index (χ2n) is 5.91. The van der Waals surface area contributed by atoms with Crippen LogP contribution in [0.3, 0.4) is 0 Å².